The molecular weight excluding hydrogens is 456 g/mol. The van der Waals surface area contributed by atoms with E-state index >= 15 is 0 Å². The Hall–Kier alpha value is -3.27. The van der Waals surface area contributed by atoms with Crippen LogP contribution in [0.15, 0.2) is 47.5 Å². The summed E-state index contributed by atoms with van der Waals surface area (Å²) in [5.74, 6) is 3.13. The van der Waals surface area contributed by atoms with E-state index in [9.17, 15) is 4.79 Å². The molecule has 0 spiro atoms. The smallest absolute Gasteiger partial charge is 0.259 e. The number of hydrogen-bond acceptors (Lipinski definition) is 5. The number of para-hydroxylation sites is 1. The second kappa shape index (κ2) is 10.6. The molecule has 1 heterocycles. The maximum Gasteiger partial charge on any atom is 0.259 e. The average molecular weight is 479 g/mol. The van der Waals surface area contributed by atoms with Crippen molar-refractivity contribution in [1.29, 1.82) is 0 Å². The first-order valence-corrected chi connectivity index (χ1v) is 11.8. The van der Waals surface area contributed by atoms with Crippen LogP contribution in [0.4, 0.5) is 10.7 Å². The lowest BCUT2D eigenvalue weighted by atomic mass is 9.95. The Balaban J connectivity index is 1.67. The van der Waals surface area contributed by atoms with Gasteiger partial charge in [0.05, 0.1) is 17.7 Å². The first kappa shape index (κ1) is 22.9. The minimum Gasteiger partial charge on any atom is -0.493 e. The van der Waals surface area contributed by atoms with Gasteiger partial charge in [0.15, 0.2) is 11.5 Å². The number of halogens is 1. The van der Waals surface area contributed by atoms with Crippen molar-refractivity contribution in [3.05, 3.63) is 69.1 Å². The summed E-state index contributed by atoms with van der Waals surface area (Å²) in [6.45, 7) is 0.0875. The van der Waals surface area contributed by atoms with Gasteiger partial charge in [0, 0.05) is 16.8 Å². The lowest BCUT2D eigenvalue weighted by Crippen LogP contribution is -2.14. The van der Waals surface area contributed by atoms with Crippen LogP contribution in [0.25, 0.3) is 0 Å². The highest BCUT2D eigenvalue weighted by Gasteiger charge is 2.25. The number of aliphatic imine (C=N–C) groups is 1. The number of nitrogens with one attached hydrogen (secondary N) is 1. The van der Waals surface area contributed by atoms with Gasteiger partial charge in [-0.3, -0.25) is 4.79 Å². The van der Waals surface area contributed by atoms with Crippen molar-refractivity contribution in [1.82, 2.24) is 0 Å². The molecule has 1 aliphatic rings. The van der Waals surface area contributed by atoms with Crippen molar-refractivity contribution in [3.8, 4) is 23.8 Å². The summed E-state index contributed by atoms with van der Waals surface area (Å²) in [4.78, 5) is 19.2. The monoisotopic (exact) mass is 478 g/mol. The van der Waals surface area contributed by atoms with E-state index in [0.29, 0.717) is 27.1 Å². The molecule has 0 saturated heterocycles. The fourth-order valence-corrected chi connectivity index (χ4v) is 5.30. The van der Waals surface area contributed by atoms with E-state index in [0.717, 1.165) is 42.5 Å². The van der Waals surface area contributed by atoms with Gasteiger partial charge in [0.1, 0.15) is 11.6 Å². The molecule has 0 aliphatic heterocycles. The third kappa shape index (κ3) is 5.22. The molecule has 3 aromatic rings. The number of anilines is 1. The zero-order chi connectivity index (χ0) is 23.2. The summed E-state index contributed by atoms with van der Waals surface area (Å²) in [6.07, 6.45) is 11.0. The number of nitrogens with zero attached hydrogens (tertiary/aromatic N) is 1. The second-order valence-electron chi connectivity index (χ2n) is 7.50. The first-order valence-electron chi connectivity index (χ1n) is 10.6. The van der Waals surface area contributed by atoms with Crippen LogP contribution in [0.5, 0.6) is 11.5 Å². The SMILES string of the molecule is C#CCOc1c(Cl)cc(/C=N/c2sc3c(c2C(=O)Nc2ccccc2)CCCC3)cc1OC. The summed E-state index contributed by atoms with van der Waals surface area (Å²) in [5.41, 5.74) is 3.25. The molecule has 33 heavy (non-hydrogen) atoms. The quantitative estimate of drug-likeness (QED) is 0.320. The Kier molecular flexibility index (Phi) is 7.33. The van der Waals surface area contributed by atoms with Crippen LogP contribution in [0.3, 0.4) is 0 Å². The highest BCUT2D eigenvalue weighted by molar-refractivity contribution is 7.16. The number of benzene rings is 2. The number of carbonyl (C=O) groups excluding carboxylic acids is 1. The Morgan fingerprint density at radius 2 is 2.06 bits per heavy atom. The van der Waals surface area contributed by atoms with Crippen molar-refractivity contribution < 1.29 is 14.3 Å². The predicted molar refractivity (Wildman–Crippen MR) is 135 cm³/mol. The summed E-state index contributed by atoms with van der Waals surface area (Å²) in [5, 5.41) is 4.07. The minimum atomic E-state index is -0.138. The zero-order valence-corrected chi connectivity index (χ0v) is 19.8. The zero-order valence-electron chi connectivity index (χ0n) is 18.2. The van der Waals surface area contributed by atoms with Gasteiger partial charge in [-0.2, -0.15) is 0 Å². The normalized spacial score (nSPS) is 12.8. The predicted octanol–water partition coefficient (Wildman–Crippen LogP) is 6.30. The van der Waals surface area contributed by atoms with Gasteiger partial charge in [-0.1, -0.05) is 35.7 Å². The van der Waals surface area contributed by atoms with E-state index in [1.807, 2.05) is 30.3 Å². The highest BCUT2D eigenvalue weighted by atomic mass is 35.5. The highest BCUT2D eigenvalue weighted by Crippen LogP contribution is 2.41. The fourth-order valence-electron chi connectivity index (χ4n) is 3.79. The lowest BCUT2D eigenvalue weighted by molar-refractivity contribution is 0.102. The number of rotatable bonds is 7. The molecule has 0 fully saturated rings. The standard InChI is InChI=1S/C26H23ClN2O3S/c1-3-13-32-24-20(27)14-17(15-21(24)31-2)16-28-26-23(19-11-7-8-12-22(19)33-26)25(30)29-18-9-5-4-6-10-18/h1,4-6,9-10,14-16H,7-8,11-13H2,2H3,(H,29,30)/b28-16+. The Morgan fingerprint density at radius 1 is 1.27 bits per heavy atom. The van der Waals surface area contributed by atoms with Gasteiger partial charge in [0.2, 0.25) is 0 Å². The number of carbonyl (C=O) groups is 1. The molecule has 1 N–H and O–H groups in total. The van der Waals surface area contributed by atoms with Gasteiger partial charge < -0.3 is 14.8 Å². The number of thiophene rings is 1. The van der Waals surface area contributed by atoms with Crippen molar-refractivity contribution >= 4 is 45.7 Å². The Labute approximate surface area is 202 Å². The van der Waals surface area contributed by atoms with E-state index in [1.165, 1.54) is 12.0 Å². The minimum absolute atomic E-state index is 0.0875. The van der Waals surface area contributed by atoms with Gasteiger partial charge in [-0.05, 0) is 61.1 Å². The molecule has 4 rings (SSSR count). The summed E-state index contributed by atoms with van der Waals surface area (Å²) in [7, 11) is 1.54. The molecule has 5 nitrogen and oxygen atoms in total. The molecular formula is C26H23ClN2O3S. The molecule has 168 valence electrons. The second-order valence-corrected chi connectivity index (χ2v) is 8.99. The average Bonchev–Trinajstić information content (AvgIpc) is 3.21. The molecule has 0 unspecified atom stereocenters. The van der Waals surface area contributed by atoms with Crippen LogP contribution in [0.2, 0.25) is 5.02 Å². The maximum absolute atomic E-state index is 13.2. The number of hydrogen-bond donors (Lipinski definition) is 1. The van der Waals surface area contributed by atoms with Crippen LogP contribution in [0, 0.1) is 12.3 Å². The van der Waals surface area contributed by atoms with Crippen LogP contribution in [0.1, 0.15) is 39.2 Å². The van der Waals surface area contributed by atoms with Crippen LogP contribution < -0.4 is 14.8 Å². The van der Waals surface area contributed by atoms with Crippen molar-refractivity contribution in [2.75, 3.05) is 19.0 Å². The fraction of sp³-hybridized carbons (Fsp3) is 0.231. The molecule has 2 aromatic carbocycles. The maximum atomic E-state index is 13.2. The number of terminal acetylenes is 1. The number of aryl methyl sites for hydroxylation is 1. The topological polar surface area (TPSA) is 59.9 Å². The molecule has 7 heteroatoms. The van der Waals surface area contributed by atoms with E-state index in [4.69, 9.17) is 32.5 Å². The molecule has 1 aliphatic carbocycles. The van der Waals surface area contributed by atoms with E-state index < -0.39 is 0 Å². The number of amides is 1. The van der Waals surface area contributed by atoms with Crippen molar-refractivity contribution in [3.63, 3.8) is 0 Å². The Bertz CT molecular complexity index is 1230. The van der Waals surface area contributed by atoms with Gasteiger partial charge in [-0.25, -0.2) is 4.99 Å². The van der Waals surface area contributed by atoms with Crippen LogP contribution in [-0.2, 0) is 12.8 Å². The third-order valence-electron chi connectivity index (χ3n) is 5.29. The number of methoxy groups -OCH3 is 1. The lowest BCUT2D eigenvalue weighted by Gasteiger charge is -2.13. The molecule has 1 aromatic heterocycles. The summed E-state index contributed by atoms with van der Waals surface area (Å²) in [6, 6.07) is 13.0. The third-order valence-corrected chi connectivity index (χ3v) is 6.77. The van der Waals surface area contributed by atoms with Crippen LogP contribution >= 0.6 is 22.9 Å². The first-order chi connectivity index (χ1) is 16.1. The number of fused-ring (bicyclic) bond motifs is 1. The van der Waals surface area contributed by atoms with Crippen molar-refractivity contribution in [2.24, 2.45) is 4.99 Å². The van der Waals surface area contributed by atoms with Crippen molar-refractivity contribution in [2.45, 2.75) is 25.7 Å². The van der Waals surface area contributed by atoms with E-state index in [2.05, 4.69) is 11.2 Å². The van der Waals surface area contributed by atoms with Crippen LogP contribution in [-0.4, -0.2) is 25.8 Å². The van der Waals surface area contributed by atoms with E-state index in [-0.39, 0.29) is 12.5 Å². The van der Waals surface area contributed by atoms with E-state index in [1.54, 1.807) is 29.7 Å². The molecule has 0 atom stereocenters. The molecule has 1 amide bonds. The summed E-state index contributed by atoms with van der Waals surface area (Å²) >= 11 is 7.97. The largest absolute Gasteiger partial charge is 0.493 e. The molecule has 0 radical (unpaired) electrons. The Morgan fingerprint density at radius 3 is 2.82 bits per heavy atom. The van der Waals surface area contributed by atoms with Gasteiger partial charge in [0.25, 0.3) is 5.91 Å². The molecule has 0 saturated carbocycles. The molecule has 0 bridgehead atoms. The van der Waals surface area contributed by atoms with Gasteiger partial charge in [-0.15, -0.1) is 17.8 Å². The number of ether oxygens (including phenoxy) is 2. The van der Waals surface area contributed by atoms with Gasteiger partial charge >= 0.3 is 0 Å². The summed E-state index contributed by atoms with van der Waals surface area (Å²) < 4.78 is 10.9.